The van der Waals surface area contributed by atoms with E-state index in [9.17, 15) is 0 Å². The Hall–Kier alpha value is -1.29. The van der Waals surface area contributed by atoms with E-state index < -0.39 is 0 Å². The van der Waals surface area contributed by atoms with Crippen molar-refractivity contribution in [1.82, 2.24) is 10.3 Å². The molecule has 1 unspecified atom stereocenters. The molecule has 0 bridgehead atoms. The van der Waals surface area contributed by atoms with E-state index in [0.29, 0.717) is 5.88 Å². The molecule has 0 amide bonds. The Kier molecular flexibility index (Phi) is 2.84. The normalized spacial score (nSPS) is 20.8. The average Bonchev–Trinajstić information content (AvgIpc) is 2.71. The van der Waals surface area contributed by atoms with Gasteiger partial charge in [-0.25, -0.2) is 4.98 Å². The SMILES string of the molecule is COc1ncccc1OC1CCNC1. The van der Waals surface area contributed by atoms with Gasteiger partial charge in [0.1, 0.15) is 6.10 Å². The zero-order valence-electron chi connectivity index (χ0n) is 8.19. The second-order valence-electron chi connectivity index (χ2n) is 3.24. The first-order valence-corrected chi connectivity index (χ1v) is 4.76. The van der Waals surface area contributed by atoms with Gasteiger partial charge in [-0.2, -0.15) is 0 Å². The van der Waals surface area contributed by atoms with Crippen LogP contribution in [0.5, 0.6) is 11.6 Å². The quantitative estimate of drug-likeness (QED) is 0.774. The molecule has 0 aliphatic carbocycles. The van der Waals surface area contributed by atoms with Crippen molar-refractivity contribution in [3.63, 3.8) is 0 Å². The molecule has 1 atom stereocenters. The summed E-state index contributed by atoms with van der Waals surface area (Å²) in [5.41, 5.74) is 0. The fraction of sp³-hybridized carbons (Fsp3) is 0.500. The maximum Gasteiger partial charge on any atom is 0.256 e. The monoisotopic (exact) mass is 194 g/mol. The van der Waals surface area contributed by atoms with Crippen LogP contribution in [0.25, 0.3) is 0 Å². The molecule has 0 spiro atoms. The smallest absolute Gasteiger partial charge is 0.256 e. The second kappa shape index (κ2) is 4.28. The van der Waals surface area contributed by atoms with Crippen molar-refractivity contribution in [2.45, 2.75) is 12.5 Å². The molecule has 1 fully saturated rings. The Morgan fingerprint density at radius 3 is 3.21 bits per heavy atom. The van der Waals surface area contributed by atoms with Gasteiger partial charge >= 0.3 is 0 Å². The third-order valence-electron chi connectivity index (χ3n) is 2.24. The van der Waals surface area contributed by atoms with E-state index in [4.69, 9.17) is 9.47 Å². The van der Waals surface area contributed by atoms with Gasteiger partial charge in [-0.05, 0) is 25.1 Å². The molecule has 1 N–H and O–H groups in total. The van der Waals surface area contributed by atoms with Crippen molar-refractivity contribution in [3.8, 4) is 11.6 Å². The number of nitrogens with one attached hydrogen (secondary N) is 1. The number of rotatable bonds is 3. The van der Waals surface area contributed by atoms with Crippen LogP contribution in [0.15, 0.2) is 18.3 Å². The molecule has 4 nitrogen and oxygen atoms in total. The fourth-order valence-electron chi connectivity index (χ4n) is 1.53. The number of methoxy groups -OCH3 is 1. The molecule has 76 valence electrons. The van der Waals surface area contributed by atoms with Crippen molar-refractivity contribution in [2.75, 3.05) is 20.2 Å². The molecule has 2 rings (SSSR count). The Bertz CT molecular complexity index is 298. The van der Waals surface area contributed by atoms with Gasteiger partial charge in [0, 0.05) is 12.7 Å². The van der Waals surface area contributed by atoms with Gasteiger partial charge in [-0.1, -0.05) is 0 Å². The highest BCUT2D eigenvalue weighted by molar-refractivity contribution is 5.32. The zero-order valence-corrected chi connectivity index (χ0v) is 8.19. The van der Waals surface area contributed by atoms with Crippen molar-refractivity contribution in [2.24, 2.45) is 0 Å². The zero-order chi connectivity index (χ0) is 9.80. The minimum absolute atomic E-state index is 0.244. The Morgan fingerprint density at radius 1 is 1.57 bits per heavy atom. The second-order valence-corrected chi connectivity index (χ2v) is 3.24. The Morgan fingerprint density at radius 2 is 2.50 bits per heavy atom. The molecule has 1 saturated heterocycles. The van der Waals surface area contributed by atoms with E-state index in [1.807, 2.05) is 12.1 Å². The highest BCUT2D eigenvalue weighted by Crippen LogP contribution is 2.24. The highest BCUT2D eigenvalue weighted by Gasteiger charge is 2.17. The topological polar surface area (TPSA) is 43.4 Å². The van der Waals surface area contributed by atoms with Crippen molar-refractivity contribution < 1.29 is 9.47 Å². The molecule has 1 aliphatic heterocycles. The number of hydrogen-bond donors (Lipinski definition) is 1. The summed E-state index contributed by atoms with van der Waals surface area (Å²) in [5, 5.41) is 3.24. The third kappa shape index (κ3) is 1.96. The number of pyridine rings is 1. The number of nitrogens with zero attached hydrogens (tertiary/aromatic N) is 1. The maximum absolute atomic E-state index is 5.75. The van der Waals surface area contributed by atoms with E-state index in [1.165, 1.54) is 0 Å². The van der Waals surface area contributed by atoms with Crippen LogP contribution in [-0.2, 0) is 0 Å². The Balaban J connectivity index is 2.07. The number of hydrogen-bond acceptors (Lipinski definition) is 4. The molecule has 4 heteroatoms. The molecule has 1 aromatic heterocycles. The van der Waals surface area contributed by atoms with E-state index in [1.54, 1.807) is 13.3 Å². The van der Waals surface area contributed by atoms with Crippen molar-refractivity contribution in [1.29, 1.82) is 0 Å². The van der Waals surface area contributed by atoms with Crippen molar-refractivity contribution >= 4 is 0 Å². The minimum atomic E-state index is 0.244. The maximum atomic E-state index is 5.75. The van der Waals surface area contributed by atoms with Crippen LogP contribution >= 0.6 is 0 Å². The summed E-state index contributed by atoms with van der Waals surface area (Å²) in [4.78, 5) is 4.07. The van der Waals surface area contributed by atoms with E-state index >= 15 is 0 Å². The lowest BCUT2D eigenvalue weighted by Gasteiger charge is -2.13. The van der Waals surface area contributed by atoms with Gasteiger partial charge in [0.2, 0.25) is 0 Å². The van der Waals surface area contributed by atoms with Crippen LogP contribution < -0.4 is 14.8 Å². The molecular formula is C10H14N2O2. The largest absolute Gasteiger partial charge is 0.483 e. The minimum Gasteiger partial charge on any atom is -0.483 e. The van der Waals surface area contributed by atoms with Crippen molar-refractivity contribution in [3.05, 3.63) is 18.3 Å². The number of ether oxygens (including phenoxy) is 2. The predicted octanol–water partition coefficient (Wildman–Crippen LogP) is 0.831. The third-order valence-corrected chi connectivity index (χ3v) is 2.24. The molecule has 0 aromatic carbocycles. The summed E-state index contributed by atoms with van der Waals surface area (Å²) < 4.78 is 10.8. The van der Waals surface area contributed by atoms with Gasteiger partial charge in [-0.3, -0.25) is 0 Å². The van der Waals surface area contributed by atoms with Crippen LogP contribution in [0.4, 0.5) is 0 Å². The standard InChI is InChI=1S/C10H14N2O2/c1-13-10-9(3-2-5-12-10)14-8-4-6-11-7-8/h2-3,5,8,11H,4,6-7H2,1H3. The lowest BCUT2D eigenvalue weighted by molar-refractivity contribution is 0.210. The van der Waals surface area contributed by atoms with Crippen LogP contribution in [0.1, 0.15) is 6.42 Å². The van der Waals surface area contributed by atoms with Gasteiger partial charge in [0.15, 0.2) is 5.75 Å². The van der Waals surface area contributed by atoms with Gasteiger partial charge in [-0.15, -0.1) is 0 Å². The molecule has 1 aliphatic rings. The summed E-state index contributed by atoms with van der Waals surface area (Å²) >= 11 is 0. The summed E-state index contributed by atoms with van der Waals surface area (Å²) in [5.74, 6) is 1.28. The van der Waals surface area contributed by atoms with E-state index in [0.717, 1.165) is 25.3 Å². The average molecular weight is 194 g/mol. The van der Waals surface area contributed by atoms with E-state index in [-0.39, 0.29) is 6.10 Å². The molecule has 1 aromatic rings. The van der Waals surface area contributed by atoms with Gasteiger partial charge in [0.05, 0.1) is 7.11 Å². The van der Waals surface area contributed by atoms with Gasteiger partial charge in [0.25, 0.3) is 5.88 Å². The summed E-state index contributed by atoms with van der Waals surface area (Å²) in [6.45, 7) is 1.92. The molecule has 2 heterocycles. The molecule has 14 heavy (non-hydrogen) atoms. The van der Waals surface area contributed by atoms with Crippen LogP contribution in [0, 0.1) is 0 Å². The first-order valence-electron chi connectivity index (χ1n) is 4.76. The lowest BCUT2D eigenvalue weighted by atomic mass is 10.3. The first kappa shape index (κ1) is 9.27. The van der Waals surface area contributed by atoms with Crippen LogP contribution in [0.3, 0.4) is 0 Å². The van der Waals surface area contributed by atoms with Crippen LogP contribution in [-0.4, -0.2) is 31.3 Å². The molecule has 0 radical (unpaired) electrons. The fourth-order valence-corrected chi connectivity index (χ4v) is 1.53. The lowest BCUT2D eigenvalue weighted by Crippen LogP contribution is -2.19. The molecule has 0 saturated carbocycles. The first-order chi connectivity index (χ1) is 6.90. The summed E-state index contributed by atoms with van der Waals surface area (Å²) in [6.07, 6.45) is 2.98. The van der Waals surface area contributed by atoms with Gasteiger partial charge < -0.3 is 14.8 Å². The highest BCUT2D eigenvalue weighted by atomic mass is 16.5. The van der Waals surface area contributed by atoms with Crippen LogP contribution in [0.2, 0.25) is 0 Å². The number of aromatic nitrogens is 1. The predicted molar refractivity (Wildman–Crippen MR) is 52.7 cm³/mol. The summed E-state index contributed by atoms with van der Waals surface area (Å²) in [7, 11) is 1.60. The Labute approximate surface area is 83.2 Å². The summed E-state index contributed by atoms with van der Waals surface area (Å²) in [6, 6.07) is 3.73. The van der Waals surface area contributed by atoms with E-state index in [2.05, 4.69) is 10.3 Å². The molecular weight excluding hydrogens is 180 g/mol.